The van der Waals surface area contributed by atoms with Gasteiger partial charge in [-0.25, -0.2) is 4.39 Å². The maximum atomic E-state index is 13.1. The molecule has 2 aromatic rings. The highest BCUT2D eigenvalue weighted by atomic mass is 35.5. The van der Waals surface area contributed by atoms with Gasteiger partial charge < -0.3 is 10.2 Å². The molecule has 1 aliphatic heterocycles. The lowest BCUT2D eigenvalue weighted by Gasteiger charge is -2.27. The predicted octanol–water partition coefficient (Wildman–Crippen LogP) is 3.93. The largest absolute Gasteiger partial charge is 0.370 e. The third-order valence-corrected chi connectivity index (χ3v) is 5.38. The van der Waals surface area contributed by atoms with Crippen molar-refractivity contribution in [3.8, 4) is 0 Å². The van der Waals surface area contributed by atoms with Crippen LogP contribution < -0.4 is 10.2 Å². The average Bonchev–Trinajstić information content (AvgIpc) is 2.95. The van der Waals surface area contributed by atoms with E-state index in [9.17, 15) is 19.3 Å². The van der Waals surface area contributed by atoms with E-state index < -0.39 is 11.0 Å². The first kappa shape index (κ1) is 21.0. The summed E-state index contributed by atoms with van der Waals surface area (Å²) in [6, 6.07) is 9.98. The Morgan fingerprint density at radius 3 is 2.55 bits per heavy atom. The zero-order chi connectivity index (χ0) is 21.0. The summed E-state index contributed by atoms with van der Waals surface area (Å²) >= 11 is 6.07. The van der Waals surface area contributed by atoms with E-state index in [4.69, 9.17) is 11.6 Å². The highest BCUT2D eigenvalue weighted by Gasteiger charge is 2.25. The van der Waals surface area contributed by atoms with Gasteiger partial charge in [0.25, 0.3) is 5.69 Å². The van der Waals surface area contributed by atoms with Gasteiger partial charge in [-0.3, -0.25) is 19.8 Å². The molecule has 1 atom stereocenters. The number of non-ortho nitro benzene ring substituents is 1. The number of hydrogen-bond acceptors (Lipinski definition) is 5. The second-order valence-corrected chi connectivity index (χ2v) is 7.35. The smallest absolute Gasteiger partial charge is 0.271 e. The Balaban J connectivity index is 1.61. The van der Waals surface area contributed by atoms with Crippen LogP contribution in [-0.2, 0) is 4.79 Å². The number of rotatable bonds is 5. The van der Waals surface area contributed by atoms with Gasteiger partial charge in [0.2, 0.25) is 5.91 Å². The number of carbonyl (C=O) groups excluding carboxylic acids is 1. The normalized spacial score (nSPS) is 16.2. The number of anilines is 2. The van der Waals surface area contributed by atoms with Crippen LogP contribution >= 0.6 is 11.6 Å². The molecule has 3 rings (SSSR count). The van der Waals surface area contributed by atoms with Gasteiger partial charge >= 0.3 is 0 Å². The number of nitrogens with zero attached hydrogens (tertiary/aromatic N) is 3. The first-order valence-electron chi connectivity index (χ1n) is 9.34. The van der Waals surface area contributed by atoms with Gasteiger partial charge in [-0.05, 0) is 43.7 Å². The monoisotopic (exact) mass is 420 g/mol. The molecule has 1 N–H and O–H groups in total. The fraction of sp³-hybridized carbons (Fsp3) is 0.350. The number of amides is 1. The van der Waals surface area contributed by atoms with Gasteiger partial charge in [0.1, 0.15) is 5.82 Å². The molecule has 0 saturated carbocycles. The second-order valence-electron chi connectivity index (χ2n) is 6.94. The molecule has 0 bridgehead atoms. The van der Waals surface area contributed by atoms with Gasteiger partial charge in [0, 0.05) is 44.0 Å². The van der Waals surface area contributed by atoms with Gasteiger partial charge in [-0.2, -0.15) is 0 Å². The number of benzene rings is 2. The minimum atomic E-state index is -0.537. The molecule has 7 nitrogen and oxygen atoms in total. The van der Waals surface area contributed by atoms with Crippen molar-refractivity contribution in [2.45, 2.75) is 19.4 Å². The van der Waals surface area contributed by atoms with E-state index in [2.05, 4.69) is 15.1 Å². The summed E-state index contributed by atoms with van der Waals surface area (Å²) in [6.45, 7) is 4.80. The van der Waals surface area contributed by atoms with Crippen LogP contribution in [-0.4, -0.2) is 48.0 Å². The van der Waals surface area contributed by atoms with Crippen molar-refractivity contribution in [1.82, 2.24) is 4.90 Å². The maximum absolute atomic E-state index is 13.1. The van der Waals surface area contributed by atoms with E-state index >= 15 is 0 Å². The Hall–Kier alpha value is -2.71. The predicted molar refractivity (Wildman–Crippen MR) is 111 cm³/mol. The van der Waals surface area contributed by atoms with Crippen molar-refractivity contribution in [1.29, 1.82) is 0 Å². The Morgan fingerprint density at radius 1 is 1.17 bits per heavy atom. The molecule has 0 radical (unpaired) electrons. The Morgan fingerprint density at radius 2 is 1.90 bits per heavy atom. The van der Waals surface area contributed by atoms with Crippen LogP contribution in [0.15, 0.2) is 42.5 Å². The molecule has 0 spiro atoms. The zero-order valence-electron chi connectivity index (χ0n) is 16.0. The molecule has 154 valence electrons. The zero-order valence-corrected chi connectivity index (χ0v) is 16.7. The van der Waals surface area contributed by atoms with Crippen LogP contribution in [0.4, 0.5) is 21.5 Å². The number of hydrogen-bond donors (Lipinski definition) is 1. The number of nitro benzene ring substituents is 1. The van der Waals surface area contributed by atoms with E-state index in [1.54, 1.807) is 12.1 Å². The summed E-state index contributed by atoms with van der Waals surface area (Å²) in [6.07, 6.45) is 0.868. The minimum Gasteiger partial charge on any atom is -0.370 e. The summed E-state index contributed by atoms with van der Waals surface area (Å²) in [5.74, 6) is -0.489. The molecule has 1 fully saturated rings. The standard InChI is InChI=1S/C20H22ClFN4O3/c1-14(20(27)23-19-8-7-17(26(28)29)13-18(19)21)24-9-2-10-25(12-11-24)16-5-3-15(22)4-6-16/h3-8,13-14H,2,9-12H2,1H3,(H,23,27). The van der Waals surface area contributed by atoms with Crippen molar-refractivity contribution < 1.29 is 14.1 Å². The summed E-state index contributed by atoms with van der Waals surface area (Å²) in [5.41, 5.74) is 1.18. The molecule has 2 aromatic carbocycles. The van der Waals surface area contributed by atoms with E-state index in [1.807, 2.05) is 6.92 Å². The fourth-order valence-electron chi connectivity index (χ4n) is 3.36. The fourth-order valence-corrected chi connectivity index (χ4v) is 3.58. The average molecular weight is 421 g/mol. The Kier molecular flexibility index (Phi) is 6.66. The minimum absolute atomic E-state index is 0.123. The van der Waals surface area contributed by atoms with Gasteiger partial charge in [-0.15, -0.1) is 0 Å². The lowest BCUT2D eigenvalue weighted by molar-refractivity contribution is -0.384. The topological polar surface area (TPSA) is 78.7 Å². The summed E-state index contributed by atoms with van der Waals surface area (Å²) < 4.78 is 13.1. The SMILES string of the molecule is CC(C(=O)Nc1ccc([N+](=O)[O-])cc1Cl)N1CCCN(c2ccc(F)cc2)CC1. The van der Waals surface area contributed by atoms with Crippen molar-refractivity contribution in [3.63, 3.8) is 0 Å². The van der Waals surface area contributed by atoms with Gasteiger partial charge in [-0.1, -0.05) is 11.6 Å². The quantitative estimate of drug-likeness (QED) is 0.585. The third-order valence-electron chi connectivity index (χ3n) is 5.07. The number of carbonyl (C=O) groups is 1. The van der Waals surface area contributed by atoms with E-state index in [0.29, 0.717) is 12.2 Å². The number of nitrogens with one attached hydrogen (secondary N) is 1. The van der Waals surface area contributed by atoms with Gasteiger partial charge in [0.15, 0.2) is 0 Å². The lowest BCUT2D eigenvalue weighted by atomic mass is 10.2. The molecule has 29 heavy (non-hydrogen) atoms. The molecular formula is C20H22ClFN4O3. The van der Waals surface area contributed by atoms with E-state index in [0.717, 1.165) is 31.7 Å². The van der Waals surface area contributed by atoms with Crippen LogP contribution in [0.3, 0.4) is 0 Å². The van der Waals surface area contributed by atoms with Crippen LogP contribution in [0, 0.1) is 15.9 Å². The van der Waals surface area contributed by atoms with E-state index in [-0.39, 0.29) is 22.4 Å². The summed E-state index contributed by atoms with van der Waals surface area (Å²) in [4.78, 5) is 27.2. The summed E-state index contributed by atoms with van der Waals surface area (Å²) in [7, 11) is 0. The van der Waals surface area contributed by atoms with Crippen LogP contribution in [0.5, 0.6) is 0 Å². The maximum Gasteiger partial charge on any atom is 0.271 e. The number of halogens is 2. The molecule has 1 unspecified atom stereocenters. The molecule has 1 aliphatic rings. The highest BCUT2D eigenvalue weighted by molar-refractivity contribution is 6.34. The molecule has 1 amide bonds. The van der Waals surface area contributed by atoms with E-state index in [1.165, 1.54) is 30.3 Å². The molecule has 9 heteroatoms. The lowest BCUT2D eigenvalue weighted by Crippen LogP contribution is -2.44. The molecule has 0 aromatic heterocycles. The third kappa shape index (κ3) is 5.21. The van der Waals surface area contributed by atoms with Crippen molar-refractivity contribution in [3.05, 3.63) is 63.4 Å². The molecular weight excluding hydrogens is 399 g/mol. The van der Waals surface area contributed by atoms with Crippen LogP contribution in [0.1, 0.15) is 13.3 Å². The van der Waals surface area contributed by atoms with Gasteiger partial charge in [0.05, 0.1) is 21.7 Å². The first-order chi connectivity index (χ1) is 13.8. The van der Waals surface area contributed by atoms with Crippen LogP contribution in [0.2, 0.25) is 5.02 Å². The van der Waals surface area contributed by atoms with Crippen molar-refractivity contribution in [2.24, 2.45) is 0 Å². The molecule has 1 heterocycles. The highest BCUT2D eigenvalue weighted by Crippen LogP contribution is 2.27. The first-order valence-corrected chi connectivity index (χ1v) is 9.72. The number of nitro groups is 1. The Bertz CT molecular complexity index is 894. The molecule has 0 aliphatic carbocycles. The molecule has 1 saturated heterocycles. The van der Waals surface area contributed by atoms with Crippen molar-refractivity contribution >= 4 is 34.6 Å². The summed E-state index contributed by atoms with van der Waals surface area (Å²) in [5, 5.41) is 13.7. The van der Waals surface area contributed by atoms with Crippen molar-refractivity contribution in [2.75, 3.05) is 36.4 Å². The van der Waals surface area contributed by atoms with Crippen LogP contribution in [0.25, 0.3) is 0 Å². The second kappa shape index (κ2) is 9.19. The Labute approximate surface area is 173 Å².